The van der Waals surface area contributed by atoms with E-state index in [4.69, 9.17) is 16.3 Å². The standard InChI is InChI=1S/C7H15NO.C6H6ClNO/c1-5-3-8-4-6(2)7(5)9;1-9-5-2-3-8-6(7)4-5/h5-9H,3-4H2,1-2H3;2-4H,1H3. The van der Waals surface area contributed by atoms with Gasteiger partial charge in [0.1, 0.15) is 10.9 Å². The lowest BCUT2D eigenvalue weighted by Crippen LogP contribution is -2.44. The first kappa shape index (κ1) is 15.2. The summed E-state index contributed by atoms with van der Waals surface area (Å²) in [7, 11) is 1.59. The van der Waals surface area contributed by atoms with Gasteiger partial charge < -0.3 is 15.2 Å². The molecule has 0 aromatic carbocycles. The first-order valence-corrected chi connectivity index (χ1v) is 6.46. The van der Waals surface area contributed by atoms with Gasteiger partial charge in [0.15, 0.2) is 0 Å². The van der Waals surface area contributed by atoms with E-state index in [2.05, 4.69) is 24.1 Å². The fraction of sp³-hybridized carbons (Fsp3) is 0.615. The number of aromatic nitrogens is 1. The molecule has 2 atom stereocenters. The third-order valence-electron chi connectivity index (χ3n) is 3.03. The summed E-state index contributed by atoms with van der Waals surface area (Å²) in [5, 5.41) is 13.1. The number of rotatable bonds is 1. The van der Waals surface area contributed by atoms with Crippen LogP contribution in [0.3, 0.4) is 0 Å². The van der Waals surface area contributed by atoms with E-state index in [1.807, 2.05) is 0 Å². The van der Waals surface area contributed by atoms with Crippen LogP contribution in [0.15, 0.2) is 18.3 Å². The van der Waals surface area contributed by atoms with Crippen molar-refractivity contribution in [2.75, 3.05) is 20.2 Å². The van der Waals surface area contributed by atoms with Gasteiger partial charge in [-0.1, -0.05) is 25.4 Å². The van der Waals surface area contributed by atoms with Crippen LogP contribution < -0.4 is 10.1 Å². The number of hydrogen-bond acceptors (Lipinski definition) is 4. The molecular formula is C13H21ClN2O2. The van der Waals surface area contributed by atoms with E-state index in [9.17, 15) is 5.11 Å². The van der Waals surface area contributed by atoms with Crippen molar-refractivity contribution in [2.45, 2.75) is 20.0 Å². The molecular weight excluding hydrogens is 252 g/mol. The van der Waals surface area contributed by atoms with E-state index in [0.717, 1.165) is 18.8 Å². The Bertz CT molecular complexity index is 353. The van der Waals surface area contributed by atoms with Gasteiger partial charge in [0, 0.05) is 25.4 Å². The Morgan fingerprint density at radius 2 is 2.00 bits per heavy atom. The molecule has 0 saturated carbocycles. The second-order valence-electron chi connectivity index (χ2n) is 4.62. The summed E-state index contributed by atoms with van der Waals surface area (Å²) in [5.41, 5.74) is 0. The van der Waals surface area contributed by atoms with Crippen molar-refractivity contribution in [3.05, 3.63) is 23.5 Å². The van der Waals surface area contributed by atoms with Gasteiger partial charge >= 0.3 is 0 Å². The molecule has 2 heterocycles. The first-order chi connectivity index (χ1) is 8.54. The van der Waals surface area contributed by atoms with Gasteiger partial charge in [-0.2, -0.15) is 0 Å². The molecule has 0 amide bonds. The van der Waals surface area contributed by atoms with E-state index in [0.29, 0.717) is 17.0 Å². The highest BCUT2D eigenvalue weighted by Gasteiger charge is 2.24. The minimum Gasteiger partial charge on any atom is -0.497 e. The molecule has 1 aromatic heterocycles. The highest BCUT2D eigenvalue weighted by Crippen LogP contribution is 2.15. The molecule has 0 radical (unpaired) electrons. The predicted molar refractivity (Wildman–Crippen MR) is 73.0 cm³/mol. The Kier molecular flexibility index (Phi) is 6.39. The summed E-state index contributed by atoms with van der Waals surface area (Å²) >= 11 is 5.53. The van der Waals surface area contributed by atoms with Gasteiger partial charge in [0.05, 0.1) is 13.2 Å². The Labute approximate surface area is 113 Å². The average Bonchev–Trinajstić information content (AvgIpc) is 2.36. The smallest absolute Gasteiger partial charge is 0.132 e. The lowest BCUT2D eigenvalue weighted by molar-refractivity contribution is 0.0434. The summed E-state index contributed by atoms with van der Waals surface area (Å²) in [5.74, 6) is 1.58. The van der Waals surface area contributed by atoms with Crippen LogP contribution in [0.1, 0.15) is 13.8 Å². The maximum absolute atomic E-state index is 9.41. The van der Waals surface area contributed by atoms with Crippen LogP contribution in [0.5, 0.6) is 5.75 Å². The van der Waals surface area contributed by atoms with Crippen molar-refractivity contribution in [1.82, 2.24) is 10.3 Å². The molecule has 102 valence electrons. The number of methoxy groups -OCH3 is 1. The van der Waals surface area contributed by atoms with Gasteiger partial charge in [-0.05, 0) is 17.9 Å². The SMILES string of the molecule is CC1CNCC(C)C1O.COc1ccnc(Cl)c1. The number of aliphatic hydroxyl groups is 1. The molecule has 2 N–H and O–H groups in total. The van der Waals surface area contributed by atoms with Crippen LogP contribution in [0.4, 0.5) is 0 Å². The molecule has 1 saturated heterocycles. The lowest BCUT2D eigenvalue weighted by Gasteiger charge is -2.30. The van der Waals surface area contributed by atoms with Crippen molar-refractivity contribution < 1.29 is 9.84 Å². The number of halogens is 1. The second-order valence-corrected chi connectivity index (χ2v) is 5.01. The Hall–Kier alpha value is -0.840. The number of nitrogens with one attached hydrogen (secondary N) is 1. The monoisotopic (exact) mass is 272 g/mol. The largest absolute Gasteiger partial charge is 0.497 e. The number of piperidine rings is 1. The van der Waals surface area contributed by atoms with Crippen LogP contribution in [0, 0.1) is 11.8 Å². The van der Waals surface area contributed by atoms with Crippen molar-refractivity contribution in [2.24, 2.45) is 11.8 Å². The summed E-state index contributed by atoms with van der Waals surface area (Å²) < 4.78 is 4.87. The zero-order chi connectivity index (χ0) is 13.5. The third kappa shape index (κ3) is 4.80. The highest BCUT2D eigenvalue weighted by molar-refractivity contribution is 6.29. The molecule has 2 unspecified atom stereocenters. The topological polar surface area (TPSA) is 54.4 Å². The van der Waals surface area contributed by atoms with Crippen LogP contribution in [-0.2, 0) is 0 Å². The van der Waals surface area contributed by atoms with Crippen LogP contribution >= 0.6 is 11.6 Å². The molecule has 0 spiro atoms. The molecule has 1 aliphatic heterocycles. The Balaban J connectivity index is 0.000000180. The molecule has 1 aromatic rings. The van der Waals surface area contributed by atoms with Crippen molar-refractivity contribution >= 4 is 11.6 Å². The Morgan fingerprint density at radius 3 is 2.39 bits per heavy atom. The molecule has 5 heteroatoms. The molecule has 0 aliphatic carbocycles. The van der Waals surface area contributed by atoms with Gasteiger partial charge in [-0.25, -0.2) is 4.98 Å². The minimum absolute atomic E-state index is 0.0914. The maximum atomic E-state index is 9.41. The Morgan fingerprint density at radius 1 is 1.39 bits per heavy atom. The normalized spacial score (nSPS) is 27.1. The average molecular weight is 273 g/mol. The van der Waals surface area contributed by atoms with Crippen LogP contribution in [0.2, 0.25) is 5.15 Å². The van der Waals surface area contributed by atoms with E-state index in [1.54, 1.807) is 25.4 Å². The van der Waals surface area contributed by atoms with Crippen molar-refractivity contribution in [3.63, 3.8) is 0 Å². The highest BCUT2D eigenvalue weighted by atomic mass is 35.5. The summed E-state index contributed by atoms with van der Waals surface area (Å²) in [4.78, 5) is 3.77. The van der Waals surface area contributed by atoms with Gasteiger partial charge in [-0.3, -0.25) is 0 Å². The zero-order valence-electron chi connectivity index (χ0n) is 11.1. The zero-order valence-corrected chi connectivity index (χ0v) is 11.8. The fourth-order valence-corrected chi connectivity index (χ4v) is 2.02. The predicted octanol–water partition coefficient (Wildman–Crippen LogP) is 1.97. The van der Waals surface area contributed by atoms with Gasteiger partial charge in [0.2, 0.25) is 0 Å². The number of pyridine rings is 1. The molecule has 4 nitrogen and oxygen atoms in total. The van der Waals surface area contributed by atoms with Crippen LogP contribution in [-0.4, -0.2) is 36.4 Å². The molecule has 1 fully saturated rings. The van der Waals surface area contributed by atoms with Crippen molar-refractivity contribution in [3.8, 4) is 5.75 Å². The molecule has 2 rings (SSSR count). The summed E-state index contributed by atoms with van der Waals surface area (Å²) in [6, 6.07) is 3.40. The summed E-state index contributed by atoms with van der Waals surface area (Å²) in [6.45, 7) is 6.08. The van der Waals surface area contributed by atoms with Crippen LogP contribution in [0.25, 0.3) is 0 Å². The van der Waals surface area contributed by atoms with E-state index >= 15 is 0 Å². The first-order valence-electron chi connectivity index (χ1n) is 6.09. The minimum atomic E-state index is -0.0914. The summed E-state index contributed by atoms with van der Waals surface area (Å²) in [6.07, 6.45) is 1.51. The van der Waals surface area contributed by atoms with E-state index in [1.165, 1.54) is 0 Å². The second kappa shape index (κ2) is 7.56. The van der Waals surface area contributed by atoms with E-state index < -0.39 is 0 Å². The van der Waals surface area contributed by atoms with Gasteiger partial charge in [-0.15, -0.1) is 0 Å². The number of aliphatic hydroxyl groups excluding tert-OH is 1. The quantitative estimate of drug-likeness (QED) is 0.768. The van der Waals surface area contributed by atoms with E-state index in [-0.39, 0.29) is 6.10 Å². The molecule has 18 heavy (non-hydrogen) atoms. The molecule has 1 aliphatic rings. The number of nitrogens with zero attached hydrogens (tertiary/aromatic N) is 1. The number of hydrogen-bond donors (Lipinski definition) is 2. The number of ether oxygens (including phenoxy) is 1. The fourth-order valence-electron chi connectivity index (χ4n) is 1.85. The lowest BCUT2D eigenvalue weighted by atomic mass is 9.90. The van der Waals surface area contributed by atoms with Crippen molar-refractivity contribution in [1.29, 1.82) is 0 Å². The van der Waals surface area contributed by atoms with Gasteiger partial charge in [0.25, 0.3) is 0 Å². The third-order valence-corrected chi connectivity index (χ3v) is 3.24. The molecule has 0 bridgehead atoms. The maximum Gasteiger partial charge on any atom is 0.132 e.